The summed E-state index contributed by atoms with van der Waals surface area (Å²) >= 11 is 0. The van der Waals surface area contributed by atoms with E-state index in [2.05, 4.69) is 18.0 Å². The van der Waals surface area contributed by atoms with E-state index in [1.807, 2.05) is 31.2 Å². The second-order valence-corrected chi connectivity index (χ2v) is 5.62. The molecule has 2 rings (SSSR count). The molecule has 1 N–H and O–H groups in total. The molecule has 114 valence electrons. The Bertz CT molecular complexity index is 467. The predicted molar refractivity (Wildman–Crippen MR) is 86.5 cm³/mol. The van der Waals surface area contributed by atoms with Crippen molar-refractivity contribution >= 4 is 11.7 Å². The first-order chi connectivity index (χ1) is 10.2. The standard InChI is InChI=1S/C18H25NO2/c1-3-14-6-5-7-15(14)12-13-21-18(20)16-8-10-17(11-9-16)19-4-2/h3,8-11,14-15,19H,1,4-7,12-13H2,2H3. The third-order valence-corrected chi connectivity index (χ3v) is 4.24. The van der Waals surface area contributed by atoms with Gasteiger partial charge in [-0.2, -0.15) is 0 Å². The van der Waals surface area contributed by atoms with Crippen molar-refractivity contribution in [2.45, 2.75) is 32.6 Å². The summed E-state index contributed by atoms with van der Waals surface area (Å²) in [6.45, 7) is 7.31. The van der Waals surface area contributed by atoms with E-state index in [0.717, 1.165) is 18.7 Å². The molecule has 0 radical (unpaired) electrons. The number of esters is 1. The highest BCUT2D eigenvalue weighted by Gasteiger charge is 2.24. The van der Waals surface area contributed by atoms with Crippen LogP contribution in [0.4, 0.5) is 5.69 Å². The highest BCUT2D eigenvalue weighted by Crippen LogP contribution is 2.34. The largest absolute Gasteiger partial charge is 0.462 e. The number of anilines is 1. The molecule has 1 aliphatic rings. The van der Waals surface area contributed by atoms with Crippen LogP contribution in [0.2, 0.25) is 0 Å². The van der Waals surface area contributed by atoms with Gasteiger partial charge in [-0.25, -0.2) is 4.79 Å². The maximum Gasteiger partial charge on any atom is 0.338 e. The Labute approximate surface area is 127 Å². The minimum absolute atomic E-state index is 0.230. The Hall–Kier alpha value is -1.77. The summed E-state index contributed by atoms with van der Waals surface area (Å²) in [5, 5.41) is 3.20. The molecule has 1 saturated carbocycles. The summed E-state index contributed by atoms with van der Waals surface area (Å²) in [5.41, 5.74) is 1.64. The van der Waals surface area contributed by atoms with Crippen LogP contribution in [0.3, 0.4) is 0 Å². The van der Waals surface area contributed by atoms with Gasteiger partial charge in [0.25, 0.3) is 0 Å². The van der Waals surface area contributed by atoms with Gasteiger partial charge in [0.1, 0.15) is 0 Å². The van der Waals surface area contributed by atoms with E-state index in [-0.39, 0.29) is 5.97 Å². The Kier molecular flexibility index (Phi) is 5.85. The average Bonchev–Trinajstić information content (AvgIpc) is 2.96. The fraction of sp³-hybridized carbons (Fsp3) is 0.500. The first-order valence-corrected chi connectivity index (χ1v) is 7.88. The zero-order chi connectivity index (χ0) is 15.1. The molecule has 2 unspecified atom stereocenters. The Balaban J connectivity index is 1.77. The van der Waals surface area contributed by atoms with Crippen molar-refractivity contribution in [1.29, 1.82) is 0 Å². The number of nitrogens with one attached hydrogen (secondary N) is 1. The van der Waals surface area contributed by atoms with Crippen LogP contribution in [-0.2, 0) is 4.74 Å². The normalized spacial score (nSPS) is 21.0. The molecule has 3 heteroatoms. The van der Waals surface area contributed by atoms with Crippen LogP contribution in [0, 0.1) is 11.8 Å². The van der Waals surface area contributed by atoms with Gasteiger partial charge in [0.2, 0.25) is 0 Å². The fourth-order valence-electron chi connectivity index (χ4n) is 3.05. The van der Waals surface area contributed by atoms with Crippen molar-refractivity contribution < 1.29 is 9.53 Å². The number of rotatable bonds is 7. The minimum Gasteiger partial charge on any atom is -0.462 e. The molecule has 1 aromatic carbocycles. The van der Waals surface area contributed by atoms with Crippen molar-refractivity contribution in [2.24, 2.45) is 11.8 Å². The maximum atomic E-state index is 12.0. The van der Waals surface area contributed by atoms with Crippen LogP contribution in [0.15, 0.2) is 36.9 Å². The molecule has 1 aromatic rings. The molecule has 0 heterocycles. The second kappa shape index (κ2) is 7.87. The van der Waals surface area contributed by atoms with Gasteiger partial charge < -0.3 is 10.1 Å². The maximum absolute atomic E-state index is 12.0. The molecule has 2 atom stereocenters. The lowest BCUT2D eigenvalue weighted by atomic mass is 9.93. The van der Waals surface area contributed by atoms with Gasteiger partial charge in [-0.15, -0.1) is 6.58 Å². The highest BCUT2D eigenvalue weighted by atomic mass is 16.5. The molecular weight excluding hydrogens is 262 g/mol. The summed E-state index contributed by atoms with van der Waals surface area (Å²) in [7, 11) is 0. The van der Waals surface area contributed by atoms with Gasteiger partial charge in [-0.1, -0.05) is 12.5 Å². The van der Waals surface area contributed by atoms with Gasteiger partial charge in [-0.05, 0) is 62.3 Å². The van der Waals surface area contributed by atoms with Crippen molar-refractivity contribution in [3.05, 3.63) is 42.5 Å². The SMILES string of the molecule is C=CC1CCCC1CCOC(=O)c1ccc(NCC)cc1. The predicted octanol–water partition coefficient (Wildman–Crippen LogP) is 4.27. The molecule has 0 aromatic heterocycles. The van der Waals surface area contributed by atoms with Crippen LogP contribution in [-0.4, -0.2) is 19.1 Å². The molecule has 1 fully saturated rings. The summed E-state index contributed by atoms with van der Waals surface area (Å²) < 4.78 is 5.39. The molecule has 3 nitrogen and oxygen atoms in total. The topological polar surface area (TPSA) is 38.3 Å². The second-order valence-electron chi connectivity index (χ2n) is 5.62. The van der Waals surface area contributed by atoms with E-state index < -0.39 is 0 Å². The van der Waals surface area contributed by atoms with E-state index in [4.69, 9.17) is 4.74 Å². The first kappa shape index (κ1) is 15.6. The molecule has 0 spiro atoms. The number of hydrogen-bond donors (Lipinski definition) is 1. The number of ether oxygens (including phenoxy) is 1. The van der Waals surface area contributed by atoms with Gasteiger partial charge in [-0.3, -0.25) is 0 Å². The van der Waals surface area contributed by atoms with E-state index in [1.165, 1.54) is 19.3 Å². The van der Waals surface area contributed by atoms with Crippen molar-refractivity contribution in [3.8, 4) is 0 Å². The van der Waals surface area contributed by atoms with Crippen LogP contribution < -0.4 is 5.32 Å². The summed E-state index contributed by atoms with van der Waals surface area (Å²) in [6, 6.07) is 7.43. The zero-order valence-corrected chi connectivity index (χ0v) is 12.8. The summed E-state index contributed by atoms with van der Waals surface area (Å²) in [5.74, 6) is 1.00. The monoisotopic (exact) mass is 287 g/mol. The van der Waals surface area contributed by atoms with E-state index >= 15 is 0 Å². The smallest absolute Gasteiger partial charge is 0.338 e. The van der Waals surface area contributed by atoms with E-state index in [9.17, 15) is 4.79 Å². The number of benzene rings is 1. The highest BCUT2D eigenvalue weighted by molar-refractivity contribution is 5.89. The number of carbonyl (C=O) groups excluding carboxylic acids is 1. The number of allylic oxidation sites excluding steroid dienone is 1. The third kappa shape index (κ3) is 4.35. The van der Waals surface area contributed by atoms with Crippen molar-refractivity contribution in [3.63, 3.8) is 0 Å². The Morgan fingerprint density at radius 3 is 2.81 bits per heavy atom. The molecule has 21 heavy (non-hydrogen) atoms. The Morgan fingerprint density at radius 2 is 2.14 bits per heavy atom. The fourth-order valence-corrected chi connectivity index (χ4v) is 3.05. The minimum atomic E-state index is -0.230. The van der Waals surface area contributed by atoms with Crippen LogP contribution >= 0.6 is 0 Å². The van der Waals surface area contributed by atoms with Gasteiger partial charge in [0, 0.05) is 12.2 Å². The van der Waals surface area contributed by atoms with Crippen LogP contribution in [0.25, 0.3) is 0 Å². The Morgan fingerprint density at radius 1 is 1.38 bits per heavy atom. The number of hydrogen-bond acceptors (Lipinski definition) is 3. The van der Waals surface area contributed by atoms with Gasteiger partial charge >= 0.3 is 5.97 Å². The van der Waals surface area contributed by atoms with Gasteiger partial charge in [0.05, 0.1) is 12.2 Å². The summed E-state index contributed by atoms with van der Waals surface area (Å²) in [4.78, 5) is 12.0. The number of carbonyl (C=O) groups is 1. The molecule has 0 saturated heterocycles. The van der Waals surface area contributed by atoms with Crippen LogP contribution in [0.5, 0.6) is 0 Å². The average molecular weight is 287 g/mol. The van der Waals surface area contributed by atoms with Gasteiger partial charge in [0.15, 0.2) is 0 Å². The quantitative estimate of drug-likeness (QED) is 0.601. The van der Waals surface area contributed by atoms with Crippen molar-refractivity contribution in [1.82, 2.24) is 0 Å². The summed E-state index contributed by atoms with van der Waals surface area (Å²) in [6.07, 6.45) is 6.72. The molecule has 0 bridgehead atoms. The lowest BCUT2D eigenvalue weighted by Gasteiger charge is -2.15. The zero-order valence-electron chi connectivity index (χ0n) is 12.8. The van der Waals surface area contributed by atoms with Crippen LogP contribution in [0.1, 0.15) is 43.0 Å². The molecule has 0 amide bonds. The van der Waals surface area contributed by atoms with E-state index in [0.29, 0.717) is 24.0 Å². The lowest BCUT2D eigenvalue weighted by Crippen LogP contribution is -2.12. The van der Waals surface area contributed by atoms with Crippen molar-refractivity contribution in [2.75, 3.05) is 18.5 Å². The lowest BCUT2D eigenvalue weighted by molar-refractivity contribution is 0.0478. The van der Waals surface area contributed by atoms with E-state index in [1.54, 1.807) is 0 Å². The molecule has 0 aliphatic heterocycles. The third-order valence-electron chi connectivity index (χ3n) is 4.24. The molecular formula is C18H25NO2. The molecule has 1 aliphatic carbocycles. The first-order valence-electron chi connectivity index (χ1n) is 7.88.